The van der Waals surface area contributed by atoms with Gasteiger partial charge in [0.2, 0.25) is 5.43 Å². The fourth-order valence-corrected chi connectivity index (χ4v) is 2.55. The van der Waals surface area contributed by atoms with E-state index in [9.17, 15) is 14.0 Å². The van der Waals surface area contributed by atoms with Crippen molar-refractivity contribution in [3.63, 3.8) is 0 Å². The molecule has 0 saturated carbocycles. The first-order chi connectivity index (χ1) is 11.6. The number of hydrogen-bond acceptors (Lipinski definition) is 3. The van der Waals surface area contributed by atoms with E-state index in [1.54, 1.807) is 7.05 Å². The number of amides is 1. The van der Waals surface area contributed by atoms with Crippen LogP contribution in [0.2, 0.25) is 0 Å². The molecule has 5 nitrogen and oxygen atoms in total. The second-order valence-corrected chi connectivity index (χ2v) is 5.45. The van der Waals surface area contributed by atoms with Crippen LogP contribution in [0.4, 0.5) is 4.39 Å². The van der Waals surface area contributed by atoms with E-state index in [0.29, 0.717) is 18.5 Å². The number of halogens is 1. The Bertz CT molecular complexity index is 952. The molecule has 3 aromatic rings. The van der Waals surface area contributed by atoms with E-state index in [0.717, 1.165) is 11.6 Å². The molecule has 1 N–H and O–H groups in total. The highest BCUT2D eigenvalue weighted by Crippen LogP contribution is 2.11. The normalized spacial score (nSPS) is 10.8. The summed E-state index contributed by atoms with van der Waals surface area (Å²) in [4.78, 5) is 24.7. The van der Waals surface area contributed by atoms with Crippen molar-refractivity contribution < 1.29 is 9.18 Å². The average molecular weight is 325 g/mol. The van der Waals surface area contributed by atoms with Gasteiger partial charge in [0.25, 0.3) is 5.91 Å². The third-order valence-corrected chi connectivity index (χ3v) is 3.77. The zero-order valence-corrected chi connectivity index (χ0v) is 13.1. The zero-order valence-electron chi connectivity index (χ0n) is 13.1. The van der Waals surface area contributed by atoms with Crippen LogP contribution in [0.3, 0.4) is 0 Å². The number of fused-ring (bicyclic) bond motifs is 1. The third-order valence-electron chi connectivity index (χ3n) is 3.77. The lowest BCUT2D eigenvalue weighted by Gasteiger charge is -2.08. The molecular weight excluding hydrogens is 309 g/mol. The summed E-state index contributed by atoms with van der Waals surface area (Å²) < 4.78 is 14.8. The summed E-state index contributed by atoms with van der Waals surface area (Å²) in [5, 5.41) is 6.85. The molecule has 0 aliphatic rings. The summed E-state index contributed by atoms with van der Waals surface area (Å²) in [7, 11) is 1.61. The first-order valence-electron chi connectivity index (χ1n) is 7.55. The van der Waals surface area contributed by atoms with Crippen molar-refractivity contribution >= 4 is 16.8 Å². The Morgan fingerprint density at radius 1 is 1.21 bits per heavy atom. The topological polar surface area (TPSA) is 64.0 Å². The van der Waals surface area contributed by atoms with Gasteiger partial charge in [-0.05, 0) is 30.2 Å². The van der Waals surface area contributed by atoms with E-state index in [1.807, 2.05) is 30.3 Å². The molecule has 122 valence electrons. The van der Waals surface area contributed by atoms with Gasteiger partial charge in [0.1, 0.15) is 5.82 Å². The van der Waals surface area contributed by atoms with Gasteiger partial charge in [-0.15, -0.1) is 0 Å². The standard InChI is InChI=1S/C18H16FN3O2/c1-22-15-8-7-13(19)11-14(15)17(23)16(21-22)18(24)20-10-9-12-5-3-2-4-6-12/h2-8,11H,9-10H2,1H3,(H,20,24). The molecule has 0 radical (unpaired) electrons. The SMILES string of the molecule is Cn1nc(C(=O)NCCc2ccccc2)c(=O)c2cc(F)ccc21. The Balaban J connectivity index is 1.82. The molecule has 1 aromatic heterocycles. The van der Waals surface area contributed by atoms with Crippen LogP contribution in [0.25, 0.3) is 10.9 Å². The van der Waals surface area contributed by atoms with E-state index >= 15 is 0 Å². The highest BCUT2D eigenvalue weighted by Gasteiger charge is 2.16. The molecule has 0 aliphatic carbocycles. The van der Waals surface area contributed by atoms with Gasteiger partial charge in [-0.1, -0.05) is 30.3 Å². The number of benzene rings is 2. The van der Waals surface area contributed by atoms with Crippen molar-refractivity contribution in [2.24, 2.45) is 7.05 Å². The van der Waals surface area contributed by atoms with Gasteiger partial charge in [0.15, 0.2) is 5.69 Å². The number of carbonyl (C=O) groups excluding carboxylic acids is 1. The van der Waals surface area contributed by atoms with E-state index in [2.05, 4.69) is 10.4 Å². The smallest absolute Gasteiger partial charge is 0.275 e. The number of rotatable bonds is 4. The minimum Gasteiger partial charge on any atom is -0.350 e. The van der Waals surface area contributed by atoms with Gasteiger partial charge in [0.05, 0.1) is 10.9 Å². The Hall–Kier alpha value is -3.02. The number of hydrogen-bond donors (Lipinski definition) is 1. The monoisotopic (exact) mass is 325 g/mol. The molecule has 24 heavy (non-hydrogen) atoms. The van der Waals surface area contributed by atoms with Gasteiger partial charge in [-0.2, -0.15) is 5.10 Å². The predicted molar refractivity (Wildman–Crippen MR) is 89.4 cm³/mol. The van der Waals surface area contributed by atoms with Crippen LogP contribution in [0, 0.1) is 5.82 Å². The molecule has 0 fully saturated rings. The minimum atomic E-state index is -0.570. The quantitative estimate of drug-likeness (QED) is 0.798. The number of nitrogens with zero attached hydrogens (tertiary/aromatic N) is 2. The average Bonchev–Trinajstić information content (AvgIpc) is 2.58. The lowest BCUT2D eigenvalue weighted by atomic mass is 10.1. The number of nitrogens with one attached hydrogen (secondary N) is 1. The fourth-order valence-electron chi connectivity index (χ4n) is 2.55. The van der Waals surface area contributed by atoms with Crippen LogP contribution in [0.5, 0.6) is 0 Å². The van der Waals surface area contributed by atoms with E-state index in [1.165, 1.54) is 16.8 Å². The maximum atomic E-state index is 13.4. The van der Waals surface area contributed by atoms with Crippen LogP contribution in [-0.2, 0) is 13.5 Å². The van der Waals surface area contributed by atoms with Crippen molar-refractivity contribution in [3.8, 4) is 0 Å². The van der Waals surface area contributed by atoms with Crippen LogP contribution in [0.1, 0.15) is 16.1 Å². The van der Waals surface area contributed by atoms with Gasteiger partial charge >= 0.3 is 0 Å². The summed E-state index contributed by atoms with van der Waals surface area (Å²) in [5.41, 5.74) is 0.755. The summed E-state index contributed by atoms with van der Waals surface area (Å²) in [6.07, 6.45) is 0.648. The maximum absolute atomic E-state index is 13.4. The van der Waals surface area contributed by atoms with Crippen molar-refractivity contribution in [3.05, 3.63) is 75.8 Å². The largest absolute Gasteiger partial charge is 0.350 e. The fraction of sp³-hybridized carbons (Fsp3) is 0.167. The molecular formula is C18H16FN3O2. The number of aryl methyl sites for hydroxylation is 1. The summed E-state index contributed by atoms with van der Waals surface area (Å²) >= 11 is 0. The molecule has 1 heterocycles. The van der Waals surface area contributed by atoms with Crippen molar-refractivity contribution in [2.45, 2.75) is 6.42 Å². The van der Waals surface area contributed by atoms with Crippen molar-refractivity contribution in [1.82, 2.24) is 15.1 Å². The van der Waals surface area contributed by atoms with Gasteiger partial charge in [0, 0.05) is 13.6 Å². The zero-order chi connectivity index (χ0) is 17.1. The second kappa shape index (κ2) is 6.62. The first kappa shape index (κ1) is 15.9. The Morgan fingerprint density at radius 3 is 2.71 bits per heavy atom. The maximum Gasteiger partial charge on any atom is 0.275 e. The van der Waals surface area contributed by atoms with Crippen LogP contribution in [0.15, 0.2) is 53.3 Å². The highest BCUT2D eigenvalue weighted by molar-refractivity contribution is 5.95. The lowest BCUT2D eigenvalue weighted by molar-refractivity contribution is 0.0946. The highest BCUT2D eigenvalue weighted by atomic mass is 19.1. The lowest BCUT2D eigenvalue weighted by Crippen LogP contribution is -2.33. The van der Waals surface area contributed by atoms with E-state index in [4.69, 9.17) is 0 Å². The van der Waals surface area contributed by atoms with Gasteiger partial charge in [-0.25, -0.2) is 4.39 Å². The van der Waals surface area contributed by atoms with Crippen LogP contribution < -0.4 is 10.7 Å². The van der Waals surface area contributed by atoms with Crippen LogP contribution >= 0.6 is 0 Å². The first-order valence-corrected chi connectivity index (χ1v) is 7.55. The summed E-state index contributed by atoms with van der Waals surface area (Å²) in [6, 6.07) is 13.5. The van der Waals surface area contributed by atoms with Crippen molar-refractivity contribution in [1.29, 1.82) is 0 Å². The Morgan fingerprint density at radius 2 is 1.96 bits per heavy atom. The number of aromatic nitrogens is 2. The summed E-state index contributed by atoms with van der Waals surface area (Å²) in [5.74, 6) is -1.08. The molecule has 0 unspecified atom stereocenters. The van der Waals surface area contributed by atoms with E-state index in [-0.39, 0.29) is 11.1 Å². The Labute approximate surface area is 137 Å². The molecule has 0 aliphatic heterocycles. The second-order valence-electron chi connectivity index (χ2n) is 5.45. The number of carbonyl (C=O) groups is 1. The van der Waals surface area contributed by atoms with Crippen LogP contribution in [-0.4, -0.2) is 22.2 Å². The molecule has 3 rings (SSSR count). The minimum absolute atomic E-state index is 0.140. The van der Waals surface area contributed by atoms with Gasteiger partial charge in [-0.3, -0.25) is 14.3 Å². The predicted octanol–water partition coefficient (Wildman–Crippen LogP) is 2.05. The molecule has 0 spiro atoms. The molecule has 0 atom stereocenters. The Kier molecular flexibility index (Phi) is 4.37. The summed E-state index contributed by atoms with van der Waals surface area (Å²) in [6.45, 7) is 0.384. The van der Waals surface area contributed by atoms with E-state index < -0.39 is 17.2 Å². The van der Waals surface area contributed by atoms with Gasteiger partial charge < -0.3 is 5.32 Å². The third kappa shape index (κ3) is 3.17. The molecule has 2 aromatic carbocycles. The van der Waals surface area contributed by atoms with Crippen molar-refractivity contribution in [2.75, 3.05) is 6.54 Å². The molecule has 0 saturated heterocycles. The molecule has 1 amide bonds. The molecule has 6 heteroatoms. The molecule has 0 bridgehead atoms.